The Morgan fingerprint density at radius 1 is 1.15 bits per heavy atom. The molecule has 0 spiro atoms. The molecule has 0 unspecified atom stereocenters. The molecule has 0 aliphatic carbocycles. The minimum absolute atomic E-state index is 0.101. The van der Waals surface area contributed by atoms with Gasteiger partial charge in [-0.2, -0.15) is 0 Å². The van der Waals surface area contributed by atoms with Crippen molar-refractivity contribution in [1.82, 2.24) is 9.97 Å². The van der Waals surface area contributed by atoms with Gasteiger partial charge in [-0.1, -0.05) is 6.58 Å². The van der Waals surface area contributed by atoms with Crippen LogP contribution in [0.5, 0.6) is 5.75 Å². The SMILES string of the molecule is C=CC(=O)Cc1cc(-c2nc(Nc3ccc(F)c(N4CCCCC4)c3)ncc2OC)ccc1F. The van der Waals surface area contributed by atoms with E-state index in [1.807, 2.05) is 0 Å². The van der Waals surface area contributed by atoms with Gasteiger partial charge in [-0.05, 0) is 67.3 Å². The molecule has 0 bridgehead atoms. The summed E-state index contributed by atoms with van der Waals surface area (Å²) in [5.41, 5.74) is 2.44. The summed E-state index contributed by atoms with van der Waals surface area (Å²) in [5, 5.41) is 3.13. The smallest absolute Gasteiger partial charge is 0.227 e. The van der Waals surface area contributed by atoms with Crippen molar-refractivity contribution in [2.24, 2.45) is 0 Å². The number of benzene rings is 2. The van der Waals surface area contributed by atoms with Crippen molar-refractivity contribution in [2.45, 2.75) is 25.7 Å². The highest BCUT2D eigenvalue weighted by Crippen LogP contribution is 2.32. The van der Waals surface area contributed by atoms with Crippen LogP contribution in [-0.2, 0) is 11.2 Å². The molecule has 0 atom stereocenters. The molecule has 3 aromatic rings. The maximum Gasteiger partial charge on any atom is 0.227 e. The van der Waals surface area contributed by atoms with Gasteiger partial charge in [0.25, 0.3) is 0 Å². The third kappa shape index (κ3) is 5.22. The van der Waals surface area contributed by atoms with E-state index >= 15 is 0 Å². The zero-order valence-corrected chi connectivity index (χ0v) is 19.0. The highest BCUT2D eigenvalue weighted by Gasteiger charge is 2.17. The van der Waals surface area contributed by atoms with Gasteiger partial charge in [0.2, 0.25) is 5.95 Å². The first-order valence-corrected chi connectivity index (χ1v) is 11.1. The number of carbonyl (C=O) groups is 1. The van der Waals surface area contributed by atoms with Gasteiger partial charge in [-0.25, -0.2) is 18.7 Å². The molecule has 1 saturated heterocycles. The average Bonchev–Trinajstić information content (AvgIpc) is 2.87. The number of methoxy groups -OCH3 is 1. The molecule has 1 fully saturated rings. The third-order valence-corrected chi connectivity index (χ3v) is 5.79. The quantitative estimate of drug-likeness (QED) is 0.447. The van der Waals surface area contributed by atoms with Crippen molar-refractivity contribution >= 4 is 23.1 Å². The molecule has 2 aromatic carbocycles. The second kappa shape index (κ2) is 10.4. The van der Waals surface area contributed by atoms with Gasteiger partial charge in [0.1, 0.15) is 17.3 Å². The Morgan fingerprint density at radius 3 is 2.65 bits per heavy atom. The van der Waals surface area contributed by atoms with Gasteiger partial charge in [-0.3, -0.25) is 4.79 Å². The second-order valence-electron chi connectivity index (χ2n) is 8.10. The van der Waals surface area contributed by atoms with E-state index in [2.05, 4.69) is 26.8 Å². The molecule has 176 valence electrons. The minimum Gasteiger partial charge on any atom is -0.493 e. The normalized spacial score (nSPS) is 13.4. The van der Waals surface area contributed by atoms with E-state index in [0.717, 1.165) is 32.4 Å². The van der Waals surface area contributed by atoms with Gasteiger partial charge in [0.05, 0.1) is 19.0 Å². The number of aromatic nitrogens is 2. The summed E-state index contributed by atoms with van der Waals surface area (Å²) < 4.78 is 34.1. The fourth-order valence-electron chi connectivity index (χ4n) is 4.00. The molecule has 6 nitrogen and oxygen atoms in total. The number of hydrogen-bond acceptors (Lipinski definition) is 6. The maximum atomic E-state index is 14.5. The zero-order valence-electron chi connectivity index (χ0n) is 19.0. The van der Waals surface area contributed by atoms with Crippen LogP contribution in [0.4, 0.5) is 26.1 Å². The first-order chi connectivity index (χ1) is 16.5. The molecule has 1 aliphatic heterocycles. The first-order valence-electron chi connectivity index (χ1n) is 11.1. The molecule has 34 heavy (non-hydrogen) atoms. The summed E-state index contributed by atoms with van der Waals surface area (Å²) in [6, 6.07) is 9.24. The van der Waals surface area contributed by atoms with E-state index in [1.165, 1.54) is 31.5 Å². The Hall–Kier alpha value is -3.81. The zero-order chi connectivity index (χ0) is 24.1. The Bertz CT molecular complexity index is 1210. The molecular weight excluding hydrogens is 438 g/mol. The van der Waals surface area contributed by atoms with E-state index in [4.69, 9.17) is 4.74 Å². The van der Waals surface area contributed by atoms with Crippen LogP contribution in [0, 0.1) is 11.6 Å². The predicted molar refractivity (Wildman–Crippen MR) is 129 cm³/mol. The van der Waals surface area contributed by atoms with Gasteiger partial charge >= 0.3 is 0 Å². The number of hydrogen-bond donors (Lipinski definition) is 1. The summed E-state index contributed by atoms with van der Waals surface area (Å²) in [6.45, 7) is 5.09. The van der Waals surface area contributed by atoms with Gasteiger partial charge < -0.3 is 15.0 Å². The highest BCUT2D eigenvalue weighted by atomic mass is 19.1. The molecule has 1 N–H and O–H groups in total. The monoisotopic (exact) mass is 464 g/mol. The van der Waals surface area contributed by atoms with Crippen LogP contribution < -0.4 is 15.0 Å². The topological polar surface area (TPSA) is 67.4 Å². The lowest BCUT2D eigenvalue weighted by atomic mass is 10.0. The van der Waals surface area contributed by atoms with Crippen molar-refractivity contribution in [3.8, 4) is 17.0 Å². The number of ether oxygens (including phenoxy) is 1. The van der Waals surface area contributed by atoms with Crippen LogP contribution in [0.25, 0.3) is 11.3 Å². The first kappa shape index (κ1) is 23.4. The highest BCUT2D eigenvalue weighted by molar-refractivity contribution is 5.91. The number of anilines is 3. The maximum absolute atomic E-state index is 14.5. The summed E-state index contributed by atoms with van der Waals surface area (Å²) in [7, 11) is 1.49. The molecule has 1 aromatic heterocycles. The number of carbonyl (C=O) groups excluding carboxylic acids is 1. The number of piperidine rings is 1. The summed E-state index contributed by atoms with van der Waals surface area (Å²) >= 11 is 0. The number of rotatable bonds is 8. The lowest BCUT2D eigenvalue weighted by Crippen LogP contribution is -2.30. The molecule has 8 heteroatoms. The van der Waals surface area contributed by atoms with E-state index in [0.29, 0.717) is 28.4 Å². The predicted octanol–water partition coefficient (Wildman–Crippen LogP) is 5.46. The summed E-state index contributed by atoms with van der Waals surface area (Å²) in [4.78, 5) is 22.7. The van der Waals surface area contributed by atoms with Crippen molar-refractivity contribution in [3.63, 3.8) is 0 Å². The lowest BCUT2D eigenvalue weighted by Gasteiger charge is -2.29. The fourth-order valence-corrected chi connectivity index (χ4v) is 4.00. The second-order valence-corrected chi connectivity index (χ2v) is 8.10. The Labute approximate surface area is 197 Å². The summed E-state index contributed by atoms with van der Waals surface area (Å²) in [6.07, 6.45) is 5.82. The molecule has 0 radical (unpaired) electrons. The molecule has 2 heterocycles. The number of ketones is 1. The van der Waals surface area contributed by atoms with Crippen LogP contribution in [0.15, 0.2) is 55.3 Å². The molecule has 4 rings (SSSR count). The van der Waals surface area contributed by atoms with Crippen molar-refractivity contribution in [2.75, 3.05) is 30.4 Å². The molecule has 0 amide bonds. The number of allylic oxidation sites excluding steroid dienone is 1. The lowest BCUT2D eigenvalue weighted by molar-refractivity contribution is -0.114. The number of halogens is 2. The van der Waals surface area contributed by atoms with Gasteiger partial charge in [0, 0.05) is 30.8 Å². The Kier molecular flexibility index (Phi) is 7.15. The number of nitrogens with zero attached hydrogens (tertiary/aromatic N) is 3. The van der Waals surface area contributed by atoms with Crippen LogP contribution >= 0.6 is 0 Å². The molecule has 1 aliphatic rings. The van der Waals surface area contributed by atoms with E-state index in [-0.39, 0.29) is 29.5 Å². The van der Waals surface area contributed by atoms with Crippen LogP contribution in [0.2, 0.25) is 0 Å². The Morgan fingerprint density at radius 2 is 1.91 bits per heavy atom. The van der Waals surface area contributed by atoms with Crippen LogP contribution in [0.3, 0.4) is 0 Å². The largest absolute Gasteiger partial charge is 0.493 e. The van der Waals surface area contributed by atoms with Gasteiger partial charge in [0.15, 0.2) is 11.5 Å². The summed E-state index contributed by atoms with van der Waals surface area (Å²) in [5.74, 6) is -0.362. The van der Waals surface area contributed by atoms with E-state index < -0.39 is 5.82 Å². The minimum atomic E-state index is -0.484. The van der Waals surface area contributed by atoms with E-state index in [9.17, 15) is 13.6 Å². The van der Waals surface area contributed by atoms with Crippen molar-refractivity contribution in [1.29, 1.82) is 0 Å². The standard InChI is InChI=1S/C26H26F2N4O2/c1-3-20(33)14-18-13-17(7-9-21(18)27)25-24(34-2)16-29-26(31-25)30-19-8-10-22(28)23(15-19)32-11-5-4-6-12-32/h3,7-10,13,15-16H,1,4-6,11-12,14H2,2H3,(H,29,30,31). The van der Waals surface area contributed by atoms with Crippen LogP contribution in [0.1, 0.15) is 24.8 Å². The van der Waals surface area contributed by atoms with Crippen LogP contribution in [-0.4, -0.2) is 36.0 Å². The van der Waals surface area contributed by atoms with Gasteiger partial charge in [-0.15, -0.1) is 0 Å². The molecular formula is C26H26F2N4O2. The van der Waals surface area contributed by atoms with Crippen molar-refractivity contribution < 1.29 is 18.3 Å². The fraction of sp³-hybridized carbons (Fsp3) is 0.269. The molecule has 0 saturated carbocycles. The van der Waals surface area contributed by atoms with Crippen molar-refractivity contribution in [3.05, 3.63) is 72.4 Å². The van der Waals surface area contributed by atoms with E-state index in [1.54, 1.807) is 24.3 Å². The number of nitrogens with one attached hydrogen (secondary N) is 1. The average molecular weight is 465 g/mol. The third-order valence-electron chi connectivity index (χ3n) is 5.79. The Balaban J connectivity index is 1.64.